The minimum Gasteiger partial charge on any atom is -0.282 e. The molecule has 0 aliphatic carbocycles. The number of fused-ring (bicyclic) bond motifs is 1. The van der Waals surface area contributed by atoms with E-state index in [1.807, 2.05) is 47.9 Å². The molecule has 0 fully saturated rings. The van der Waals surface area contributed by atoms with Crippen molar-refractivity contribution in [1.82, 2.24) is 9.38 Å². The molecular weight excluding hydrogens is 334 g/mol. The van der Waals surface area contributed by atoms with Crippen LogP contribution in [0.25, 0.3) is 16.9 Å². The fraction of sp³-hybridized carbons (Fsp3) is 0.0909. The molecule has 2 aromatic carbocycles. The smallest absolute Gasteiger partial charge is 0.187 e. The first-order chi connectivity index (χ1) is 13.2. The second kappa shape index (κ2) is 6.85. The summed E-state index contributed by atoms with van der Waals surface area (Å²) < 4.78 is 1.95. The monoisotopic (exact) mass is 351 g/mol. The van der Waals surface area contributed by atoms with Gasteiger partial charge in [-0.1, -0.05) is 42.0 Å². The highest BCUT2D eigenvalue weighted by atomic mass is 15.2. The van der Waals surface area contributed by atoms with Crippen molar-refractivity contribution in [2.45, 2.75) is 13.8 Å². The Balaban J connectivity index is 1.88. The topological polar surface area (TPSA) is 65.8 Å². The van der Waals surface area contributed by atoms with Crippen molar-refractivity contribution < 1.29 is 0 Å². The van der Waals surface area contributed by atoms with Crippen LogP contribution < -0.4 is 0 Å². The third kappa shape index (κ3) is 3.21. The highest BCUT2D eigenvalue weighted by Crippen LogP contribution is 2.33. The molecule has 0 saturated carbocycles. The van der Waals surface area contributed by atoms with Crippen molar-refractivity contribution in [3.05, 3.63) is 83.6 Å². The highest BCUT2D eigenvalue weighted by molar-refractivity contribution is 5.75. The number of nitriles is 1. The Labute approximate surface area is 157 Å². The van der Waals surface area contributed by atoms with E-state index in [0.29, 0.717) is 17.1 Å². The fourth-order valence-corrected chi connectivity index (χ4v) is 2.93. The second-order valence-electron chi connectivity index (χ2n) is 6.40. The number of nitrogens with zero attached hydrogens (tertiary/aromatic N) is 5. The molecule has 5 heteroatoms. The first-order valence-electron chi connectivity index (χ1n) is 8.62. The summed E-state index contributed by atoms with van der Waals surface area (Å²) in [6, 6.07) is 21.4. The van der Waals surface area contributed by atoms with Gasteiger partial charge in [0.2, 0.25) is 0 Å². The van der Waals surface area contributed by atoms with Crippen molar-refractivity contribution in [3.8, 4) is 17.3 Å². The molecule has 0 unspecified atom stereocenters. The van der Waals surface area contributed by atoms with Gasteiger partial charge in [0.1, 0.15) is 11.3 Å². The molecule has 0 amide bonds. The molecule has 0 N–H and O–H groups in total. The van der Waals surface area contributed by atoms with E-state index in [-0.39, 0.29) is 0 Å². The Morgan fingerprint density at radius 3 is 2.56 bits per heavy atom. The van der Waals surface area contributed by atoms with Crippen LogP contribution in [-0.2, 0) is 0 Å². The van der Waals surface area contributed by atoms with Gasteiger partial charge >= 0.3 is 0 Å². The van der Waals surface area contributed by atoms with Crippen molar-refractivity contribution in [2.24, 2.45) is 10.2 Å². The van der Waals surface area contributed by atoms with Gasteiger partial charge in [-0.2, -0.15) is 5.26 Å². The molecule has 0 bridgehead atoms. The molecule has 0 atom stereocenters. The van der Waals surface area contributed by atoms with Gasteiger partial charge in [-0.3, -0.25) is 4.40 Å². The molecule has 0 spiro atoms. The molecule has 5 nitrogen and oxygen atoms in total. The van der Waals surface area contributed by atoms with Crippen LogP contribution in [0.2, 0.25) is 0 Å². The van der Waals surface area contributed by atoms with Crippen LogP contribution in [0.15, 0.2) is 77.1 Å². The molecule has 0 saturated heterocycles. The van der Waals surface area contributed by atoms with Crippen LogP contribution in [0.5, 0.6) is 0 Å². The maximum absolute atomic E-state index is 9.06. The standard InChI is InChI=1S/C22H17N5/c1-15-8-10-18(11-9-15)20-22(27-12-4-5-16(2)21(27)24-20)26-25-19-7-3-6-17(13-19)14-23/h3-13H,1-2H3. The molecule has 0 aliphatic heterocycles. The maximum Gasteiger partial charge on any atom is 0.187 e. The number of pyridine rings is 1. The zero-order chi connectivity index (χ0) is 18.8. The van der Waals surface area contributed by atoms with E-state index in [4.69, 9.17) is 10.2 Å². The van der Waals surface area contributed by atoms with Crippen LogP contribution in [0, 0.1) is 25.2 Å². The number of aryl methyl sites for hydroxylation is 2. The number of aromatic nitrogens is 2. The molecule has 4 aromatic rings. The third-order valence-corrected chi connectivity index (χ3v) is 4.38. The SMILES string of the molecule is Cc1ccc(-c2nc3c(C)cccn3c2N=Nc2cccc(C#N)c2)cc1. The van der Waals surface area contributed by atoms with Gasteiger partial charge in [0.15, 0.2) is 5.82 Å². The zero-order valence-electron chi connectivity index (χ0n) is 15.1. The van der Waals surface area contributed by atoms with Gasteiger partial charge in [-0.05, 0) is 43.7 Å². The van der Waals surface area contributed by atoms with Crippen molar-refractivity contribution in [3.63, 3.8) is 0 Å². The first-order valence-corrected chi connectivity index (χ1v) is 8.62. The predicted molar refractivity (Wildman–Crippen MR) is 105 cm³/mol. The lowest BCUT2D eigenvalue weighted by Crippen LogP contribution is -1.85. The Hall–Kier alpha value is -3.78. The van der Waals surface area contributed by atoms with E-state index in [1.165, 1.54) is 5.56 Å². The Morgan fingerprint density at radius 2 is 1.78 bits per heavy atom. The summed E-state index contributed by atoms with van der Waals surface area (Å²) in [6.45, 7) is 4.08. The van der Waals surface area contributed by atoms with Crippen LogP contribution in [0.1, 0.15) is 16.7 Å². The third-order valence-electron chi connectivity index (χ3n) is 4.38. The van der Waals surface area contributed by atoms with Crippen LogP contribution in [0.3, 0.4) is 0 Å². The van der Waals surface area contributed by atoms with Gasteiger partial charge in [-0.25, -0.2) is 4.98 Å². The lowest BCUT2D eigenvalue weighted by molar-refractivity contribution is 1.10. The van der Waals surface area contributed by atoms with Gasteiger partial charge in [-0.15, -0.1) is 10.2 Å². The van der Waals surface area contributed by atoms with Crippen LogP contribution in [0.4, 0.5) is 11.5 Å². The Bertz CT molecular complexity index is 1190. The Morgan fingerprint density at radius 1 is 0.963 bits per heavy atom. The van der Waals surface area contributed by atoms with E-state index in [0.717, 1.165) is 22.5 Å². The fourth-order valence-electron chi connectivity index (χ4n) is 2.93. The number of rotatable bonds is 3. The van der Waals surface area contributed by atoms with Gasteiger partial charge in [0.05, 0.1) is 17.3 Å². The minimum absolute atomic E-state index is 0.555. The number of hydrogen-bond acceptors (Lipinski definition) is 4. The summed E-state index contributed by atoms with van der Waals surface area (Å²) in [5.41, 5.74) is 6.07. The van der Waals surface area contributed by atoms with E-state index < -0.39 is 0 Å². The minimum atomic E-state index is 0.555. The summed E-state index contributed by atoms with van der Waals surface area (Å²) in [5.74, 6) is 0.667. The van der Waals surface area contributed by atoms with E-state index in [9.17, 15) is 0 Å². The van der Waals surface area contributed by atoms with E-state index in [1.54, 1.807) is 18.2 Å². The highest BCUT2D eigenvalue weighted by Gasteiger charge is 2.15. The van der Waals surface area contributed by atoms with Gasteiger partial charge in [0, 0.05) is 11.8 Å². The number of imidazole rings is 1. The number of hydrogen-bond donors (Lipinski definition) is 0. The second-order valence-corrected chi connectivity index (χ2v) is 6.40. The molecule has 27 heavy (non-hydrogen) atoms. The number of benzene rings is 2. The molecule has 2 heterocycles. The quantitative estimate of drug-likeness (QED) is 0.431. The first kappa shape index (κ1) is 16.7. The normalized spacial score (nSPS) is 11.1. The molecule has 2 aromatic heterocycles. The maximum atomic E-state index is 9.06. The summed E-state index contributed by atoms with van der Waals surface area (Å²) >= 11 is 0. The average Bonchev–Trinajstić information content (AvgIpc) is 3.07. The van der Waals surface area contributed by atoms with Crippen LogP contribution >= 0.6 is 0 Å². The van der Waals surface area contributed by atoms with Gasteiger partial charge in [0.25, 0.3) is 0 Å². The Kier molecular flexibility index (Phi) is 4.23. The number of azo groups is 1. The van der Waals surface area contributed by atoms with Crippen molar-refractivity contribution in [1.29, 1.82) is 5.26 Å². The molecule has 0 aliphatic rings. The van der Waals surface area contributed by atoms with Gasteiger partial charge < -0.3 is 0 Å². The molecular formula is C22H17N5. The van der Waals surface area contributed by atoms with E-state index >= 15 is 0 Å². The summed E-state index contributed by atoms with van der Waals surface area (Å²) in [5, 5.41) is 17.9. The zero-order valence-corrected chi connectivity index (χ0v) is 15.1. The summed E-state index contributed by atoms with van der Waals surface area (Å²) in [6.07, 6.45) is 1.94. The summed E-state index contributed by atoms with van der Waals surface area (Å²) in [4.78, 5) is 4.81. The molecule has 4 rings (SSSR count). The molecule has 0 radical (unpaired) electrons. The lowest BCUT2D eigenvalue weighted by Gasteiger charge is -2.01. The van der Waals surface area contributed by atoms with Crippen molar-refractivity contribution in [2.75, 3.05) is 0 Å². The average molecular weight is 351 g/mol. The van der Waals surface area contributed by atoms with E-state index in [2.05, 4.69) is 35.4 Å². The largest absolute Gasteiger partial charge is 0.282 e. The predicted octanol–water partition coefficient (Wildman–Crippen LogP) is 5.91. The van der Waals surface area contributed by atoms with Crippen molar-refractivity contribution >= 4 is 17.2 Å². The van der Waals surface area contributed by atoms with Crippen LogP contribution in [-0.4, -0.2) is 9.38 Å². The summed E-state index contributed by atoms with van der Waals surface area (Å²) in [7, 11) is 0. The molecule has 130 valence electrons. The lowest BCUT2D eigenvalue weighted by atomic mass is 10.1.